The lowest BCUT2D eigenvalue weighted by Gasteiger charge is -2.25. The van der Waals surface area contributed by atoms with Crippen molar-refractivity contribution in [2.75, 3.05) is 20.3 Å². The summed E-state index contributed by atoms with van der Waals surface area (Å²) in [6, 6.07) is 4.62. The van der Waals surface area contributed by atoms with Gasteiger partial charge in [0.25, 0.3) is 5.91 Å². The molecule has 1 atom stereocenters. The van der Waals surface area contributed by atoms with Crippen molar-refractivity contribution in [2.24, 2.45) is 0 Å². The van der Waals surface area contributed by atoms with Gasteiger partial charge < -0.3 is 14.7 Å². The molecular formula is C15H18N2O4. The summed E-state index contributed by atoms with van der Waals surface area (Å²) in [5.74, 6) is -1.29. The van der Waals surface area contributed by atoms with E-state index in [0.29, 0.717) is 12.3 Å². The fourth-order valence-electron chi connectivity index (χ4n) is 2.39. The first kappa shape index (κ1) is 15.2. The van der Waals surface area contributed by atoms with Crippen LogP contribution in [0.4, 0.5) is 0 Å². The number of carbonyl (C=O) groups excluding carboxylic acids is 2. The van der Waals surface area contributed by atoms with Gasteiger partial charge in [0.15, 0.2) is 11.5 Å². The van der Waals surface area contributed by atoms with Crippen LogP contribution in [0.5, 0.6) is 0 Å². The summed E-state index contributed by atoms with van der Waals surface area (Å²) in [6.45, 7) is 2.29. The molecule has 2 rings (SSSR count). The summed E-state index contributed by atoms with van der Waals surface area (Å²) in [4.78, 5) is 30.0. The second-order valence-electron chi connectivity index (χ2n) is 4.69. The van der Waals surface area contributed by atoms with Crippen LogP contribution in [0.1, 0.15) is 25.1 Å². The number of aliphatic hydroxyl groups is 1. The van der Waals surface area contributed by atoms with Crippen LogP contribution < -0.4 is 0 Å². The summed E-state index contributed by atoms with van der Waals surface area (Å²) < 4.78 is 4.99. The van der Waals surface area contributed by atoms with Crippen molar-refractivity contribution >= 4 is 11.7 Å². The molecule has 0 spiro atoms. The van der Waals surface area contributed by atoms with E-state index in [0.717, 1.165) is 0 Å². The molecule has 6 nitrogen and oxygen atoms in total. The van der Waals surface area contributed by atoms with Gasteiger partial charge in [-0.1, -0.05) is 13.0 Å². The number of carbonyl (C=O) groups is 2. The Morgan fingerprint density at radius 2 is 2.24 bits per heavy atom. The lowest BCUT2D eigenvalue weighted by Crippen LogP contribution is -2.34. The largest absolute Gasteiger partial charge is 0.503 e. The van der Waals surface area contributed by atoms with Crippen LogP contribution in [-0.2, 0) is 14.3 Å². The molecule has 1 unspecified atom stereocenters. The molecule has 1 aliphatic rings. The van der Waals surface area contributed by atoms with E-state index in [2.05, 4.69) is 4.98 Å². The molecule has 0 aromatic carbocycles. The molecule has 0 bridgehead atoms. The highest BCUT2D eigenvalue weighted by molar-refractivity contribution is 6.08. The SMILES string of the molecule is CCC(=O)C1=C(O)C(=O)N(CCOC)C1c1ccccn1. The van der Waals surface area contributed by atoms with Crippen molar-refractivity contribution < 1.29 is 19.4 Å². The maximum absolute atomic E-state index is 12.2. The zero-order valence-electron chi connectivity index (χ0n) is 12.1. The third kappa shape index (κ3) is 2.80. The Morgan fingerprint density at radius 3 is 2.81 bits per heavy atom. The van der Waals surface area contributed by atoms with E-state index in [1.165, 1.54) is 12.0 Å². The van der Waals surface area contributed by atoms with Gasteiger partial charge in [0.1, 0.15) is 6.04 Å². The molecule has 0 radical (unpaired) electrons. The summed E-state index contributed by atoms with van der Waals surface area (Å²) in [6.07, 6.45) is 1.81. The second-order valence-corrected chi connectivity index (χ2v) is 4.69. The number of hydrogen-bond acceptors (Lipinski definition) is 5. The molecule has 0 aliphatic carbocycles. The standard InChI is InChI=1S/C15H18N2O4/c1-3-11(18)12-13(10-6-4-5-7-16-10)17(8-9-21-2)15(20)14(12)19/h4-7,13,19H,3,8-9H2,1-2H3. The van der Waals surface area contributed by atoms with Gasteiger partial charge in [-0.05, 0) is 12.1 Å². The van der Waals surface area contributed by atoms with Gasteiger partial charge in [-0.2, -0.15) is 0 Å². The number of aromatic nitrogens is 1. The lowest BCUT2D eigenvalue weighted by molar-refractivity contribution is -0.130. The number of ether oxygens (including phenoxy) is 1. The first-order valence-corrected chi connectivity index (χ1v) is 6.79. The van der Waals surface area contributed by atoms with Crippen LogP contribution in [0, 0.1) is 0 Å². The molecule has 1 aromatic heterocycles. The van der Waals surface area contributed by atoms with Gasteiger partial charge in [0.05, 0.1) is 17.9 Å². The zero-order chi connectivity index (χ0) is 15.4. The van der Waals surface area contributed by atoms with Crippen molar-refractivity contribution in [1.82, 2.24) is 9.88 Å². The second kappa shape index (κ2) is 6.49. The summed E-state index contributed by atoms with van der Waals surface area (Å²) in [7, 11) is 1.53. The van der Waals surface area contributed by atoms with Crippen molar-refractivity contribution in [3.05, 3.63) is 41.4 Å². The normalized spacial score (nSPS) is 18.5. The Morgan fingerprint density at radius 1 is 1.48 bits per heavy atom. The predicted molar refractivity (Wildman–Crippen MR) is 75.5 cm³/mol. The molecule has 2 heterocycles. The van der Waals surface area contributed by atoms with Gasteiger partial charge >= 0.3 is 0 Å². The van der Waals surface area contributed by atoms with Crippen LogP contribution in [0.2, 0.25) is 0 Å². The monoisotopic (exact) mass is 290 g/mol. The third-order valence-corrected chi connectivity index (χ3v) is 3.43. The minimum atomic E-state index is -0.652. The number of ketones is 1. The third-order valence-electron chi connectivity index (χ3n) is 3.43. The van der Waals surface area contributed by atoms with Crippen LogP contribution in [-0.4, -0.2) is 46.9 Å². The van der Waals surface area contributed by atoms with E-state index in [4.69, 9.17) is 4.74 Å². The Balaban J connectivity index is 2.45. The molecule has 0 saturated carbocycles. The van der Waals surface area contributed by atoms with Crippen molar-refractivity contribution in [1.29, 1.82) is 0 Å². The van der Waals surface area contributed by atoms with Gasteiger partial charge in [0.2, 0.25) is 0 Å². The number of pyridine rings is 1. The minimum Gasteiger partial charge on any atom is -0.503 e. The molecule has 21 heavy (non-hydrogen) atoms. The smallest absolute Gasteiger partial charge is 0.290 e. The number of hydrogen-bond donors (Lipinski definition) is 1. The molecule has 1 aromatic rings. The first-order valence-electron chi connectivity index (χ1n) is 6.79. The van der Waals surface area contributed by atoms with Crippen molar-refractivity contribution in [3.63, 3.8) is 0 Å². The maximum atomic E-state index is 12.2. The van der Waals surface area contributed by atoms with Crippen molar-refractivity contribution in [2.45, 2.75) is 19.4 Å². The number of Topliss-reactive ketones (excluding diaryl/α,β-unsaturated/α-hetero) is 1. The van der Waals surface area contributed by atoms with Crippen LogP contribution in [0.15, 0.2) is 35.7 Å². The Hall–Kier alpha value is -2.21. The molecule has 112 valence electrons. The number of methoxy groups -OCH3 is 1. The average Bonchev–Trinajstić information content (AvgIpc) is 2.77. The number of aliphatic hydroxyl groups excluding tert-OH is 1. The summed E-state index contributed by atoms with van der Waals surface area (Å²) >= 11 is 0. The summed E-state index contributed by atoms with van der Waals surface area (Å²) in [5.41, 5.74) is 0.681. The van der Waals surface area contributed by atoms with E-state index in [1.54, 1.807) is 31.3 Å². The van der Waals surface area contributed by atoms with Crippen LogP contribution in [0.25, 0.3) is 0 Å². The average molecular weight is 290 g/mol. The quantitative estimate of drug-likeness (QED) is 0.856. The molecule has 1 N–H and O–H groups in total. The van der Waals surface area contributed by atoms with E-state index in [9.17, 15) is 14.7 Å². The van der Waals surface area contributed by atoms with Gasteiger partial charge in [-0.15, -0.1) is 0 Å². The molecule has 1 amide bonds. The van der Waals surface area contributed by atoms with Gasteiger partial charge in [-0.25, -0.2) is 0 Å². The Kier molecular flexibility index (Phi) is 4.70. The van der Waals surface area contributed by atoms with Gasteiger partial charge in [0, 0.05) is 26.3 Å². The van der Waals surface area contributed by atoms with Gasteiger partial charge in [-0.3, -0.25) is 14.6 Å². The first-order chi connectivity index (χ1) is 10.1. The molecular weight excluding hydrogens is 272 g/mol. The Bertz CT molecular complexity index is 568. The van der Waals surface area contributed by atoms with Crippen molar-refractivity contribution in [3.8, 4) is 0 Å². The zero-order valence-corrected chi connectivity index (χ0v) is 12.1. The van der Waals surface area contributed by atoms with E-state index in [-0.39, 0.29) is 24.3 Å². The van der Waals surface area contributed by atoms with E-state index >= 15 is 0 Å². The molecule has 0 fully saturated rings. The Labute approximate surface area is 123 Å². The van der Waals surface area contributed by atoms with Crippen LogP contribution >= 0.6 is 0 Å². The molecule has 1 aliphatic heterocycles. The van der Waals surface area contributed by atoms with E-state index in [1.807, 2.05) is 0 Å². The highest BCUT2D eigenvalue weighted by Crippen LogP contribution is 2.36. The number of nitrogens with zero attached hydrogens (tertiary/aromatic N) is 2. The maximum Gasteiger partial charge on any atom is 0.290 e. The highest BCUT2D eigenvalue weighted by Gasteiger charge is 2.43. The number of rotatable bonds is 6. The topological polar surface area (TPSA) is 79.7 Å². The lowest BCUT2D eigenvalue weighted by atomic mass is 9.98. The number of amides is 1. The fraction of sp³-hybridized carbons (Fsp3) is 0.400. The molecule has 0 saturated heterocycles. The van der Waals surface area contributed by atoms with Crippen LogP contribution in [0.3, 0.4) is 0 Å². The predicted octanol–water partition coefficient (Wildman–Crippen LogP) is 1.40. The highest BCUT2D eigenvalue weighted by atomic mass is 16.5. The summed E-state index contributed by atoms with van der Waals surface area (Å²) in [5, 5.41) is 10.1. The fourth-order valence-corrected chi connectivity index (χ4v) is 2.39. The molecule has 6 heteroatoms. The van der Waals surface area contributed by atoms with E-state index < -0.39 is 17.7 Å². The minimum absolute atomic E-state index is 0.123.